The molecule has 128 valence electrons. The number of piperidine rings is 1. The zero-order chi connectivity index (χ0) is 17.2. The Hall–Kier alpha value is -2.83. The van der Waals surface area contributed by atoms with Gasteiger partial charge in [-0.15, -0.1) is 5.10 Å². The molecule has 0 spiro atoms. The highest BCUT2D eigenvalue weighted by atomic mass is 15.4. The second-order valence-electron chi connectivity index (χ2n) is 6.42. The predicted molar refractivity (Wildman–Crippen MR) is 95.2 cm³/mol. The van der Waals surface area contributed by atoms with E-state index >= 15 is 0 Å². The molecule has 7 heteroatoms. The molecule has 7 nitrogen and oxygen atoms in total. The number of aromatic nitrogens is 6. The molecule has 0 amide bonds. The number of pyridine rings is 1. The Morgan fingerprint density at radius 2 is 1.92 bits per heavy atom. The summed E-state index contributed by atoms with van der Waals surface area (Å²) in [6.45, 7) is 6.05. The quantitative estimate of drug-likeness (QED) is 0.732. The van der Waals surface area contributed by atoms with Crippen LogP contribution >= 0.6 is 0 Å². The molecule has 1 aliphatic rings. The normalized spacial score (nSPS) is 15.5. The van der Waals surface area contributed by atoms with E-state index in [4.69, 9.17) is 4.98 Å². The highest BCUT2D eigenvalue weighted by Crippen LogP contribution is 2.29. The van der Waals surface area contributed by atoms with Crippen molar-refractivity contribution in [2.24, 2.45) is 0 Å². The van der Waals surface area contributed by atoms with Gasteiger partial charge < -0.3 is 4.90 Å². The summed E-state index contributed by atoms with van der Waals surface area (Å²) in [5, 5.41) is 8.06. The fourth-order valence-corrected chi connectivity index (χ4v) is 3.30. The van der Waals surface area contributed by atoms with Gasteiger partial charge in [0.25, 0.3) is 0 Å². The van der Waals surface area contributed by atoms with Crippen LogP contribution in [-0.4, -0.2) is 43.0 Å². The highest BCUT2D eigenvalue weighted by Gasteiger charge is 2.24. The van der Waals surface area contributed by atoms with Crippen molar-refractivity contribution in [2.45, 2.75) is 32.7 Å². The minimum absolute atomic E-state index is 0.416. The summed E-state index contributed by atoms with van der Waals surface area (Å²) in [7, 11) is 0. The van der Waals surface area contributed by atoms with Crippen LogP contribution in [0.15, 0.2) is 36.9 Å². The van der Waals surface area contributed by atoms with Crippen LogP contribution < -0.4 is 4.90 Å². The van der Waals surface area contributed by atoms with E-state index in [2.05, 4.69) is 32.1 Å². The lowest BCUT2D eigenvalue weighted by atomic mass is 10.0. The Morgan fingerprint density at radius 3 is 2.60 bits per heavy atom. The Bertz CT molecular complexity index is 837. The average Bonchev–Trinajstić information content (AvgIpc) is 3.19. The monoisotopic (exact) mass is 335 g/mol. The summed E-state index contributed by atoms with van der Waals surface area (Å²) in [5.74, 6) is 1.77. The Labute approximate surface area is 146 Å². The van der Waals surface area contributed by atoms with Crippen LogP contribution in [0, 0.1) is 13.8 Å². The molecule has 0 N–H and O–H groups in total. The lowest BCUT2D eigenvalue weighted by Crippen LogP contribution is -2.36. The summed E-state index contributed by atoms with van der Waals surface area (Å²) < 4.78 is 1.97. The van der Waals surface area contributed by atoms with Crippen LogP contribution in [0.2, 0.25) is 0 Å². The molecule has 1 fully saturated rings. The number of anilines is 1. The first-order valence-corrected chi connectivity index (χ1v) is 8.59. The summed E-state index contributed by atoms with van der Waals surface area (Å²) in [6, 6.07) is 4.33. The first-order chi connectivity index (χ1) is 12.2. The molecule has 4 rings (SSSR count). The van der Waals surface area contributed by atoms with Gasteiger partial charge >= 0.3 is 0 Å². The van der Waals surface area contributed by atoms with E-state index in [0.29, 0.717) is 6.04 Å². The molecule has 0 unspecified atom stereocenters. The minimum atomic E-state index is 0.416. The van der Waals surface area contributed by atoms with Crippen LogP contribution in [0.25, 0.3) is 11.4 Å². The maximum atomic E-state index is 4.85. The van der Waals surface area contributed by atoms with Crippen molar-refractivity contribution in [1.29, 1.82) is 0 Å². The minimum Gasteiger partial charge on any atom is -0.356 e. The summed E-state index contributed by atoms with van der Waals surface area (Å²) in [6.07, 6.45) is 9.33. The van der Waals surface area contributed by atoms with Crippen LogP contribution in [0.4, 0.5) is 5.82 Å². The maximum Gasteiger partial charge on any atom is 0.163 e. The smallest absolute Gasteiger partial charge is 0.163 e. The van der Waals surface area contributed by atoms with Gasteiger partial charge in [-0.1, -0.05) is 5.21 Å². The second-order valence-corrected chi connectivity index (χ2v) is 6.42. The van der Waals surface area contributed by atoms with Crippen molar-refractivity contribution >= 4 is 5.82 Å². The number of rotatable bonds is 3. The first kappa shape index (κ1) is 15.7. The van der Waals surface area contributed by atoms with Crippen LogP contribution in [-0.2, 0) is 0 Å². The fraction of sp³-hybridized carbons (Fsp3) is 0.389. The lowest BCUT2D eigenvalue weighted by molar-refractivity contribution is 0.359. The topological polar surface area (TPSA) is 72.6 Å². The molecule has 0 saturated carbocycles. The van der Waals surface area contributed by atoms with Crippen molar-refractivity contribution in [2.75, 3.05) is 18.0 Å². The van der Waals surface area contributed by atoms with E-state index in [9.17, 15) is 0 Å². The molecule has 4 heterocycles. The Balaban J connectivity index is 1.59. The third-order valence-corrected chi connectivity index (χ3v) is 4.86. The van der Waals surface area contributed by atoms with Gasteiger partial charge in [0.15, 0.2) is 5.82 Å². The zero-order valence-electron chi connectivity index (χ0n) is 14.5. The molecule has 0 atom stereocenters. The van der Waals surface area contributed by atoms with Crippen molar-refractivity contribution in [3.8, 4) is 11.4 Å². The number of nitrogens with zero attached hydrogens (tertiary/aromatic N) is 7. The highest BCUT2D eigenvalue weighted by molar-refractivity contribution is 5.59. The van der Waals surface area contributed by atoms with Crippen molar-refractivity contribution in [3.63, 3.8) is 0 Å². The molecule has 25 heavy (non-hydrogen) atoms. The van der Waals surface area contributed by atoms with Crippen molar-refractivity contribution < 1.29 is 0 Å². The van der Waals surface area contributed by atoms with Crippen molar-refractivity contribution in [1.82, 2.24) is 29.9 Å². The van der Waals surface area contributed by atoms with Crippen LogP contribution in [0.1, 0.15) is 30.1 Å². The number of aryl methyl sites for hydroxylation is 1. The van der Waals surface area contributed by atoms with Crippen LogP contribution in [0.3, 0.4) is 0 Å². The molecular formula is C18H21N7. The van der Waals surface area contributed by atoms with E-state index in [-0.39, 0.29) is 0 Å². The van der Waals surface area contributed by atoms with Gasteiger partial charge in [-0.25, -0.2) is 14.6 Å². The van der Waals surface area contributed by atoms with Gasteiger partial charge in [0.05, 0.1) is 12.2 Å². The van der Waals surface area contributed by atoms with Gasteiger partial charge in [-0.05, 0) is 38.8 Å². The Morgan fingerprint density at radius 1 is 1.08 bits per heavy atom. The van der Waals surface area contributed by atoms with Gasteiger partial charge in [-0.3, -0.25) is 4.98 Å². The molecule has 1 saturated heterocycles. The number of hydrogen-bond acceptors (Lipinski definition) is 6. The van der Waals surface area contributed by atoms with E-state index in [1.165, 1.54) is 0 Å². The molecule has 1 aliphatic heterocycles. The molecule has 3 aromatic rings. The molecular weight excluding hydrogens is 314 g/mol. The molecule has 0 aliphatic carbocycles. The summed E-state index contributed by atoms with van der Waals surface area (Å²) >= 11 is 0. The average molecular weight is 335 g/mol. The van der Waals surface area contributed by atoms with Gasteiger partial charge in [0.2, 0.25) is 0 Å². The third-order valence-electron chi connectivity index (χ3n) is 4.86. The molecule has 0 radical (unpaired) electrons. The van der Waals surface area contributed by atoms with E-state index in [1.807, 2.05) is 36.1 Å². The van der Waals surface area contributed by atoms with Gasteiger partial charge in [0.1, 0.15) is 5.82 Å². The van der Waals surface area contributed by atoms with E-state index in [1.54, 1.807) is 12.4 Å². The van der Waals surface area contributed by atoms with Gasteiger partial charge in [0, 0.05) is 48.5 Å². The maximum absolute atomic E-state index is 4.85. The fourth-order valence-electron chi connectivity index (χ4n) is 3.30. The zero-order valence-corrected chi connectivity index (χ0v) is 14.5. The standard InChI is InChI=1S/C18H21N7/c1-13-14(2)21-17(15-4-3-7-19-12-15)22-18(13)24-9-5-16(6-10-24)25-11-8-20-23-25/h3-4,7-8,11-12,16H,5-6,9-10H2,1-2H3. The SMILES string of the molecule is Cc1nc(-c2cccnc2)nc(N2CCC(n3ccnn3)CC2)c1C. The summed E-state index contributed by atoms with van der Waals surface area (Å²) in [5.41, 5.74) is 3.11. The third kappa shape index (κ3) is 3.09. The lowest BCUT2D eigenvalue weighted by Gasteiger charge is -2.33. The molecule has 0 aromatic carbocycles. The first-order valence-electron chi connectivity index (χ1n) is 8.59. The van der Waals surface area contributed by atoms with Crippen LogP contribution in [0.5, 0.6) is 0 Å². The molecule has 0 bridgehead atoms. The van der Waals surface area contributed by atoms with E-state index in [0.717, 1.165) is 54.4 Å². The largest absolute Gasteiger partial charge is 0.356 e. The number of hydrogen-bond donors (Lipinski definition) is 0. The van der Waals surface area contributed by atoms with E-state index < -0.39 is 0 Å². The van der Waals surface area contributed by atoms with Crippen molar-refractivity contribution in [3.05, 3.63) is 48.2 Å². The summed E-state index contributed by atoms with van der Waals surface area (Å²) in [4.78, 5) is 16.1. The Kier molecular flexibility index (Phi) is 4.13. The second kappa shape index (κ2) is 6.58. The predicted octanol–water partition coefficient (Wildman–Crippen LogP) is 2.59. The van der Waals surface area contributed by atoms with Gasteiger partial charge in [-0.2, -0.15) is 0 Å². The molecule has 3 aromatic heterocycles.